The van der Waals surface area contributed by atoms with Crippen molar-refractivity contribution in [3.8, 4) is 0 Å². The molecular weight excluding hydrogens is 472 g/mol. The van der Waals surface area contributed by atoms with Crippen molar-refractivity contribution >= 4 is 5.70 Å². The second-order valence-electron chi connectivity index (χ2n) is 11.7. The molecule has 1 fully saturated rings. The number of unbranched alkanes of at least 4 members (excludes halogenated alkanes) is 1. The van der Waals surface area contributed by atoms with Crippen molar-refractivity contribution in [1.82, 2.24) is 10.2 Å². The SMILES string of the molecule is C=C(NC(CC)CCCC)c1ccc(CC2CCN(CC(C3=CC=CCC=C3)c3ccccc3)CC2)c(C)c1. The van der Waals surface area contributed by atoms with Gasteiger partial charge in [-0.3, -0.25) is 0 Å². The fourth-order valence-corrected chi connectivity index (χ4v) is 6.13. The lowest BCUT2D eigenvalue weighted by atomic mass is 9.86. The van der Waals surface area contributed by atoms with Gasteiger partial charge in [0.1, 0.15) is 0 Å². The summed E-state index contributed by atoms with van der Waals surface area (Å²) in [4.78, 5) is 2.70. The van der Waals surface area contributed by atoms with E-state index in [9.17, 15) is 0 Å². The van der Waals surface area contributed by atoms with E-state index >= 15 is 0 Å². The summed E-state index contributed by atoms with van der Waals surface area (Å²) in [6.07, 6.45) is 21.1. The number of allylic oxidation sites excluding steroid dienone is 5. The summed E-state index contributed by atoms with van der Waals surface area (Å²) in [5.41, 5.74) is 8.08. The predicted molar refractivity (Wildman–Crippen MR) is 170 cm³/mol. The van der Waals surface area contributed by atoms with Gasteiger partial charge in [-0.2, -0.15) is 0 Å². The van der Waals surface area contributed by atoms with Crippen LogP contribution in [0.2, 0.25) is 0 Å². The first kappa shape index (κ1) is 29.2. The van der Waals surface area contributed by atoms with Crippen LogP contribution in [-0.2, 0) is 6.42 Å². The van der Waals surface area contributed by atoms with Gasteiger partial charge >= 0.3 is 0 Å². The third-order valence-electron chi connectivity index (χ3n) is 8.74. The quantitative estimate of drug-likeness (QED) is 0.282. The van der Waals surface area contributed by atoms with Gasteiger partial charge in [-0.15, -0.1) is 0 Å². The van der Waals surface area contributed by atoms with Gasteiger partial charge in [0, 0.05) is 24.2 Å². The molecule has 1 saturated heterocycles. The maximum Gasteiger partial charge on any atom is 0.0343 e. The first-order valence-corrected chi connectivity index (χ1v) is 15.4. The van der Waals surface area contributed by atoms with E-state index in [4.69, 9.17) is 0 Å². The Hall–Kier alpha value is -2.84. The zero-order chi connectivity index (χ0) is 27.5. The third kappa shape index (κ3) is 8.57. The van der Waals surface area contributed by atoms with Crippen LogP contribution < -0.4 is 5.32 Å². The second-order valence-corrected chi connectivity index (χ2v) is 11.7. The molecule has 2 atom stereocenters. The van der Waals surface area contributed by atoms with E-state index in [-0.39, 0.29) is 0 Å². The number of nitrogens with zero attached hydrogens (tertiary/aromatic N) is 1. The van der Waals surface area contributed by atoms with E-state index in [0.29, 0.717) is 12.0 Å². The van der Waals surface area contributed by atoms with Crippen LogP contribution in [0.3, 0.4) is 0 Å². The van der Waals surface area contributed by atoms with E-state index in [1.165, 1.54) is 79.4 Å². The molecule has 0 aromatic heterocycles. The molecule has 0 amide bonds. The molecule has 1 aliphatic heterocycles. The Morgan fingerprint density at radius 2 is 1.85 bits per heavy atom. The Labute approximate surface area is 238 Å². The zero-order valence-corrected chi connectivity index (χ0v) is 24.7. The molecule has 208 valence electrons. The molecule has 0 bridgehead atoms. The lowest BCUT2D eigenvalue weighted by Gasteiger charge is -2.35. The highest BCUT2D eigenvalue weighted by Gasteiger charge is 2.24. The van der Waals surface area contributed by atoms with Crippen LogP contribution in [0.4, 0.5) is 0 Å². The number of hydrogen-bond donors (Lipinski definition) is 1. The number of likely N-dealkylation sites (tertiary alicyclic amines) is 1. The fourth-order valence-electron chi connectivity index (χ4n) is 6.13. The summed E-state index contributed by atoms with van der Waals surface area (Å²) in [7, 11) is 0. The minimum Gasteiger partial charge on any atom is -0.382 e. The number of aryl methyl sites for hydroxylation is 1. The average molecular weight is 523 g/mol. The maximum atomic E-state index is 4.37. The Bertz CT molecular complexity index is 1130. The van der Waals surface area contributed by atoms with E-state index in [1.807, 2.05) is 0 Å². The Morgan fingerprint density at radius 3 is 2.56 bits per heavy atom. The number of piperidine rings is 1. The third-order valence-corrected chi connectivity index (χ3v) is 8.74. The number of rotatable bonds is 13. The average Bonchev–Trinajstić information content (AvgIpc) is 3.26. The number of benzene rings is 2. The largest absolute Gasteiger partial charge is 0.382 e. The van der Waals surface area contributed by atoms with Crippen molar-refractivity contribution in [3.63, 3.8) is 0 Å². The summed E-state index contributed by atoms with van der Waals surface area (Å²) >= 11 is 0. The molecule has 2 heteroatoms. The lowest BCUT2D eigenvalue weighted by Crippen LogP contribution is -2.37. The fraction of sp³-hybridized carbons (Fsp3) is 0.459. The molecule has 2 nitrogen and oxygen atoms in total. The van der Waals surface area contributed by atoms with Crippen molar-refractivity contribution in [2.75, 3.05) is 19.6 Å². The van der Waals surface area contributed by atoms with E-state index in [2.05, 4.69) is 116 Å². The Morgan fingerprint density at radius 1 is 1.05 bits per heavy atom. The van der Waals surface area contributed by atoms with Gasteiger partial charge in [0.2, 0.25) is 0 Å². The predicted octanol–water partition coefficient (Wildman–Crippen LogP) is 9.00. The molecule has 2 unspecified atom stereocenters. The summed E-state index contributed by atoms with van der Waals surface area (Å²) in [6, 6.07) is 18.6. The Balaban J connectivity index is 1.32. The molecule has 0 radical (unpaired) electrons. The van der Waals surface area contributed by atoms with E-state index < -0.39 is 0 Å². The molecule has 2 aliphatic rings. The first-order valence-electron chi connectivity index (χ1n) is 15.4. The molecule has 1 heterocycles. The topological polar surface area (TPSA) is 15.3 Å². The standard InChI is InChI=1S/C37H50N2/c1-5-7-19-36(6-2)38-30(4)35-21-20-34(29(3)26-35)27-31-22-24-39(25-23-31)28-37(33-17-13-10-14-18-33)32-15-11-8-9-12-16-32/h8,10-18,20-21,26,31,36-38H,4-7,9,19,22-25,27-28H2,1-3H3. The van der Waals surface area contributed by atoms with Crippen molar-refractivity contribution in [3.05, 3.63) is 113 Å². The normalized spacial score (nSPS) is 17.9. The minimum absolute atomic E-state index is 0.424. The lowest BCUT2D eigenvalue weighted by molar-refractivity contribution is 0.179. The number of hydrogen-bond acceptors (Lipinski definition) is 2. The second kappa shape index (κ2) is 15.1. The van der Waals surface area contributed by atoms with Gasteiger partial charge in [-0.1, -0.05) is 106 Å². The van der Waals surface area contributed by atoms with Gasteiger partial charge in [-0.05, 0) is 98.3 Å². The van der Waals surface area contributed by atoms with Gasteiger partial charge in [-0.25, -0.2) is 0 Å². The van der Waals surface area contributed by atoms with Gasteiger partial charge in [0.05, 0.1) is 0 Å². The highest BCUT2D eigenvalue weighted by Crippen LogP contribution is 2.31. The molecule has 2 aromatic carbocycles. The first-order chi connectivity index (χ1) is 19.1. The highest BCUT2D eigenvalue weighted by atomic mass is 15.1. The molecule has 2 aromatic rings. The van der Waals surface area contributed by atoms with Gasteiger partial charge in [0.25, 0.3) is 0 Å². The molecule has 4 rings (SSSR count). The monoisotopic (exact) mass is 522 g/mol. The minimum atomic E-state index is 0.424. The summed E-state index contributed by atoms with van der Waals surface area (Å²) in [5.74, 6) is 1.19. The molecule has 39 heavy (non-hydrogen) atoms. The van der Waals surface area contributed by atoms with Crippen molar-refractivity contribution in [1.29, 1.82) is 0 Å². The zero-order valence-electron chi connectivity index (χ0n) is 24.7. The van der Waals surface area contributed by atoms with Crippen LogP contribution in [-0.4, -0.2) is 30.6 Å². The van der Waals surface area contributed by atoms with Crippen LogP contribution in [0.25, 0.3) is 5.70 Å². The molecule has 1 aliphatic carbocycles. The van der Waals surface area contributed by atoms with Gasteiger partial charge < -0.3 is 10.2 Å². The molecule has 0 spiro atoms. The Kier molecular flexibility index (Phi) is 11.3. The smallest absolute Gasteiger partial charge is 0.0343 e. The van der Waals surface area contributed by atoms with Crippen LogP contribution in [0, 0.1) is 12.8 Å². The number of nitrogens with one attached hydrogen (secondary N) is 1. The maximum absolute atomic E-state index is 4.37. The van der Waals surface area contributed by atoms with Gasteiger partial charge in [0.15, 0.2) is 0 Å². The van der Waals surface area contributed by atoms with E-state index in [1.54, 1.807) is 0 Å². The van der Waals surface area contributed by atoms with Crippen molar-refractivity contribution in [2.24, 2.45) is 5.92 Å². The van der Waals surface area contributed by atoms with E-state index in [0.717, 1.165) is 31.0 Å². The van der Waals surface area contributed by atoms with Crippen molar-refractivity contribution in [2.45, 2.75) is 84.1 Å². The molecule has 1 N–H and O–H groups in total. The highest BCUT2D eigenvalue weighted by molar-refractivity contribution is 5.63. The summed E-state index contributed by atoms with van der Waals surface area (Å²) in [6.45, 7) is 14.7. The van der Waals surface area contributed by atoms with Crippen LogP contribution in [0.15, 0.2) is 91.1 Å². The summed E-state index contributed by atoms with van der Waals surface area (Å²) < 4.78 is 0. The summed E-state index contributed by atoms with van der Waals surface area (Å²) in [5, 5.41) is 3.69. The molecule has 0 saturated carbocycles. The van der Waals surface area contributed by atoms with Crippen LogP contribution in [0.1, 0.15) is 87.0 Å². The van der Waals surface area contributed by atoms with Crippen molar-refractivity contribution < 1.29 is 0 Å². The van der Waals surface area contributed by atoms with Crippen LogP contribution >= 0.6 is 0 Å². The van der Waals surface area contributed by atoms with Crippen LogP contribution in [0.5, 0.6) is 0 Å². The molecular formula is C37H50N2.